The Morgan fingerprint density at radius 2 is 2.21 bits per heavy atom. The minimum atomic E-state index is -0.285. The number of nitriles is 1. The molecule has 0 unspecified atom stereocenters. The van der Waals surface area contributed by atoms with E-state index in [4.69, 9.17) is 15.1 Å². The van der Waals surface area contributed by atoms with E-state index in [1.807, 2.05) is 6.07 Å². The van der Waals surface area contributed by atoms with Crippen molar-refractivity contribution in [2.24, 2.45) is 0 Å². The Morgan fingerprint density at radius 1 is 1.50 bits per heavy atom. The topological polar surface area (TPSA) is 76.3 Å². The van der Waals surface area contributed by atoms with Gasteiger partial charge in [-0.2, -0.15) is 5.26 Å². The van der Waals surface area contributed by atoms with Crippen LogP contribution in [0.1, 0.15) is 5.56 Å². The first-order valence-corrected chi connectivity index (χ1v) is 3.72. The quantitative estimate of drug-likeness (QED) is 0.529. The van der Waals surface area contributed by atoms with E-state index in [0.29, 0.717) is 5.56 Å². The monoisotopic (exact) mass is 201 g/mol. The Balaban J connectivity index is 0.00000169. The van der Waals surface area contributed by atoms with E-state index in [-0.39, 0.29) is 54.3 Å². The van der Waals surface area contributed by atoms with Crippen molar-refractivity contribution >= 4 is 0 Å². The number of aliphatic hydroxyl groups excluding tert-OH is 1. The molecule has 0 bridgehead atoms. The van der Waals surface area contributed by atoms with Gasteiger partial charge in [0.2, 0.25) is 0 Å². The van der Waals surface area contributed by atoms with Gasteiger partial charge in [0.1, 0.15) is 12.4 Å². The van der Waals surface area contributed by atoms with Gasteiger partial charge in [-0.15, -0.1) is 0 Å². The van der Waals surface area contributed by atoms with Crippen LogP contribution in [0.5, 0.6) is 11.5 Å². The second-order valence-electron chi connectivity index (χ2n) is 2.35. The molecule has 0 fully saturated rings. The molecule has 5 heteroatoms. The van der Waals surface area contributed by atoms with Crippen LogP contribution in [0.4, 0.5) is 0 Å². The molecule has 1 aromatic carbocycles. The average molecular weight is 201 g/mol. The van der Waals surface area contributed by atoms with Crippen molar-refractivity contribution in [3.63, 3.8) is 0 Å². The van der Waals surface area contributed by atoms with Crippen molar-refractivity contribution in [2.75, 3.05) is 13.2 Å². The van der Waals surface area contributed by atoms with Gasteiger partial charge in [-0.25, -0.2) is 0 Å². The van der Waals surface area contributed by atoms with Crippen LogP contribution >= 0.6 is 0 Å². The minimum Gasteiger partial charge on any atom is -0.870 e. The molecule has 0 heterocycles. The summed E-state index contributed by atoms with van der Waals surface area (Å²) >= 11 is 0. The maximum Gasteiger partial charge on any atom is 1.00 e. The van der Waals surface area contributed by atoms with Gasteiger partial charge in [-0.1, -0.05) is 11.8 Å². The first-order valence-electron chi connectivity index (χ1n) is 3.72. The molecule has 0 aromatic heterocycles. The van der Waals surface area contributed by atoms with E-state index in [0.717, 1.165) is 0 Å². The smallest absolute Gasteiger partial charge is 0.870 e. The van der Waals surface area contributed by atoms with Crippen molar-refractivity contribution in [1.29, 1.82) is 5.26 Å². The van der Waals surface area contributed by atoms with Crippen molar-refractivity contribution in [1.82, 2.24) is 0 Å². The minimum absolute atomic E-state index is 0. The first kappa shape index (κ1) is 13.3. The van der Waals surface area contributed by atoms with Crippen LogP contribution in [0.2, 0.25) is 0 Å². The normalized spacial score (nSPS) is 8.57. The maximum absolute atomic E-state index is 11.1. The van der Waals surface area contributed by atoms with Gasteiger partial charge in [0.15, 0.2) is 0 Å². The zero-order chi connectivity index (χ0) is 9.68. The summed E-state index contributed by atoms with van der Waals surface area (Å²) in [5.74, 6) is -0.180. The van der Waals surface area contributed by atoms with Gasteiger partial charge in [0, 0.05) is 0 Å². The van der Waals surface area contributed by atoms with Crippen molar-refractivity contribution < 1.29 is 44.5 Å². The molecule has 1 N–H and O–H groups in total. The number of hydrogen-bond donors (Lipinski definition) is 1. The van der Waals surface area contributed by atoms with Crippen LogP contribution in [-0.2, 0) is 0 Å². The largest absolute Gasteiger partial charge is 1.00 e. The van der Waals surface area contributed by atoms with Gasteiger partial charge in [-0.3, -0.25) is 0 Å². The summed E-state index contributed by atoms with van der Waals surface area (Å²) in [5, 5.41) is 28.1. The van der Waals surface area contributed by atoms with E-state index in [9.17, 15) is 5.11 Å². The number of benzene rings is 1. The summed E-state index contributed by atoms with van der Waals surface area (Å²) < 4.78 is 4.91. The van der Waals surface area contributed by atoms with Crippen LogP contribution in [0.25, 0.3) is 0 Å². The summed E-state index contributed by atoms with van der Waals surface area (Å²) in [6, 6.07) is 5.94. The summed E-state index contributed by atoms with van der Waals surface area (Å²) in [7, 11) is 0. The van der Waals surface area contributed by atoms with Crippen molar-refractivity contribution in [2.45, 2.75) is 0 Å². The number of rotatable bonds is 3. The fourth-order valence-electron chi connectivity index (χ4n) is 0.846. The van der Waals surface area contributed by atoms with Crippen molar-refractivity contribution in [3.8, 4) is 17.6 Å². The summed E-state index contributed by atoms with van der Waals surface area (Å²) in [4.78, 5) is 0. The molecule has 0 radical (unpaired) electrons. The standard InChI is InChI=1S/C9H9NO3.Na/c10-6-7-1-2-8(12)9(5-7)13-4-3-11;/h1-2,5,11-12H,3-4H2;/q;+1/p-1. The molecule has 0 aliphatic heterocycles. The Bertz CT molecular complexity index is 335. The molecule has 0 aliphatic carbocycles. The molecule has 4 nitrogen and oxygen atoms in total. The molecule has 0 saturated heterocycles. The second kappa shape index (κ2) is 6.68. The molecule has 1 rings (SSSR count). The fraction of sp³-hybridized carbons (Fsp3) is 0.222. The summed E-state index contributed by atoms with van der Waals surface area (Å²) in [5.41, 5.74) is 0.368. The molecule has 0 atom stereocenters. The molecule has 0 amide bonds. The molecule has 0 spiro atoms. The molecule has 0 saturated carbocycles. The predicted molar refractivity (Wildman–Crippen MR) is 43.2 cm³/mol. The third kappa shape index (κ3) is 3.56. The first-order chi connectivity index (χ1) is 6.27. The average Bonchev–Trinajstić information content (AvgIpc) is 2.17. The maximum atomic E-state index is 11.1. The van der Waals surface area contributed by atoms with Gasteiger partial charge in [0.05, 0.1) is 18.2 Å². The van der Waals surface area contributed by atoms with Gasteiger partial charge in [0.25, 0.3) is 0 Å². The van der Waals surface area contributed by atoms with Crippen LogP contribution in [0.3, 0.4) is 0 Å². The van der Waals surface area contributed by atoms with Crippen LogP contribution in [0, 0.1) is 11.3 Å². The Labute approximate surface area is 104 Å². The Hall–Kier alpha value is -0.730. The Kier molecular flexibility index (Phi) is 6.34. The SMILES string of the molecule is N#Cc1ccc([O-])c(OCCO)c1.[Na+]. The van der Waals surface area contributed by atoms with Gasteiger partial charge in [-0.05, 0) is 12.1 Å². The van der Waals surface area contributed by atoms with Crippen LogP contribution in [0.15, 0.2) is 18.2 Å². The molecular weight excluding hydrogens is 193 g/mol. The summed E-state index contributed by atoms with van der Waals surface area (Å²) in [6.07, 6.45) is 0. The van der Waals surface area contributed by atoms with Gasteiger partial charge < -0.3 is 14.9 Å². The van der Waals surface area contributed by atoms with Crippen molar-refractivity contribution in [3.05, 3.63) is 23.8 Å². The van der Waals surface area contributed by atoms with E-state index >= 15 is 0 Å². The summed E-state index contributed by atoms with van der Waals surface area (Å²) in [6.45, 7) is -0.0969. The Morgan fingerprint density at radius 3 is 2.79 bits per heavy atom. The number of ether oxygens (including phenoxy) is 1. The predicted octanol–water partition coefficient (Wildman–Crippen LogP) is -2.99. The third-order valence-corrected chi connectivity index (χ3v) is 1.42. The zero-order valence-electron chi connectivity index (χ0n) is 7.86. The number of nitrogens with zero attached hydrogens (tertiary/aromatic N) is 1. The second-order valence-corrected chi connectivity index (χ2v) is 2.35. The van der Waals surface area contributed by atoms with E-state index in [1.165, 1.54) is 18.2 Å². The van der Waals surface area contributed by atoms with E-state index in [1.54, 1.807) is 0 Å². The fourth-order valence-corrected chi connectivity index (χ4v) is 0.846. The molecule has 0 aliphatic rings. The number of aliphatic hydroxyl groups is 1. The molecule has 1 aromatic rings. The molecule has 68 valence electrons. The zero-order valence-corrected chi connectivity index (χ0v) is 9.86. The van der Waals surface area contributed by atoms with Crippen LogP contribution < -0.4 is 39.4 Å². The molecule has 14 heavy (non-hydrogen) atoms. The van der Waals surface area contributed by atoms with E-state index in [2.05, 4.69) is 0 Å². The van der Waals surface area contributed by atoms with Crippen LogP contribution in [-0.4, -0.2) is 18.3 Å². The van der Waals surface area contributed by atoms with E-state index < -0.39 is 0 Å². The third-order valence-electron chi connectivity index (χ3n) is 1.42. The van der Waals surface area contributed by atoms with Gasteiger partial charge >= 0.3 is 29.6 Å². The molecular formula is C9H8NNaO3. The number of hydrogen-bond acceptors (Lipinski definition) is 4.